The van der Waals surface area contributed by atoms with Crippen molar-refractivity contribution in [3.05, 3.63) is 22.4 Å². The molecule has 3 fully saturated rings. The Labute approximate surface area is 112 Å². The van der Waals surface area contributed by atoms with Crippen molar-refractivity contribution in [3.63, 3.8) is 0 Å². The summed E-state index contributed by atoms with van der Waals surface area (Å²) in [6.45, 7) is 0.977. The number of amides is 1. The van der Waals surface area contributed by atoms with Gasteiger partial charge in [-0.2, -0.15) is 11.3 Å². The van der Waals surface area contributed by atoms with Gasteiger partial charge in [0.15, 0.2) is 0 Å². The number of rotatable bonds is 2. The molecule has 1 amide bonds. The average molecular weight is 261 g/mol. The number of hydrogen-bond donors (Lipinski definition) is 0. The van der Waals surface area contributed by atoms with E-state index in [0.29, 0.717) is 17.9 Å². The fourth-order valence-electron chi connectivity index (χ4n) is 3.99. The summed E-state index contributed by atoms with van der Waals surface area (Å²) >= 11 is 1.74. The first-order chi connectivity index (χ1) is 8.83. The topological polar surface area (TPSA) is 20.3 Å². The molecule has 1 aliphatic heterocycles. The highest BCUT2D eigenvalue weighted by Gasteiger charge is 2.49. The Morgan fingerprint density at radius 3 is 2.83 bits per heavy atom. The number of fused-ring (bicyclic) bond motifs is 1. The molecule has 0 bridgehead atoms. The van der Waals surface area contributed by atoms with Crippen LogP contribution in [0, 0.1) is 17.8 Å². The van der Waals surface area contributed by atoms with Crippen LogP contribution in [0.3, 0.4) is 0 Å². The zero-order valence-electron chi connectivity index (χ0n) is 10.5. The summed E-state index contributed by atoms with van der Waals surface area (Å²) in [6.07, 6.45) is 6.08. The van der Waals surface area contributed by atoms with Gasteiger partial charge in [-0.15, -0.1) is 0 Å². The van der Waals surface area contributed by atoms with E-state index < -0.39 is 0 Å². The van der Waals surface area contributed by atoms with Crippen LogP contribution in [0.4, 0.5) is 0 Å². The van der Waals surface area contributed by atoms with Gasteiger partial charge in [0.2, 0.25) is 5.91 Å². The van der Waals surface area contributed by atoms with Crippen LogP contribution in [0.5, 0.6) is 0 Å². The van der Waals surface area contributed by atoms with Gasteiger partial charge in [0.25, 0.3) is 0 Å². The number of hydrogen-bond acceptors (Lipinski definition) is 2. The SMILES string of the molecule is O=C(C1CC2CC2C1)N1CCCC1c1ccsc1. The highest BCUT2D eigenvalue weighted by atomic mass is 32.1. The Morgan fingerprint density at radius 2 is 2.11 bits per heavy atom. The van der Waals surface area contributed by atoms with Gasteiger partial charge in [-0.3, -0.25) is 4.79 Å². The Kier molecular flexibility index (Phi) is 2.51. The molecular formula is C15H19NOS. The molecule has 2 heterocycles. The van der Waals surface area contributed by atoms with Crippen LogP contribution in [0.1, 0.15) is 43.7 Å². The molecule has 1 saturated heterocycles. The van der Waals surface area contributed by atoms with E-state index in [2.05, 4.69) is 21.7 Å². The lowest BCUT2D eigenvalue weighted by atomic mass is 10.0. The second-order valence-corrected chi connectivity index (χ2v) is 6.95. The maximum absolute atomic E-state index is 12.6. The van der Waals surface area contributed by atoms with Gasteiger partial charge in [-0.25, -0.2) is 0 Å². The van der Waals surface area contributed by atoms with Crippen LogP contribution in [-0.4, -0.2) is 17.4 Å². The summed E-state index contributed by atoms with van der Waals surface area (Å²) in [5.74, 6) is 2.62. The highest BCUT2D eigenvalue weighted by Crippen LogP contribution is 2.55. The standard InChI is InChI=1S/C15H19NOS/c17-15(13-7-11-6-12(11)8-13)16-4-1-2-14(16)10-3-5-18-9-10/h3,5,9,11-14H,1-2,4,6-8H2. The van der Waals surface area contributed by atoms with E-state index in [0.717, 1.165) is 24.8 Å². The van der Waals surface area contributed by atoms with Gasteiger partial charge in [0, 0.05) is 12.5 Å². The van der Waals surface area contributed by atoms with E-state index in [1.165, 1.54) is 31.2 Å². The van der Waals surface area contributed by atoms with Crippen LogP contribution in [0.15, 0.2) is 16.8 Å². The zero-order valence-corrected chi connectivity index (χ0v) is 11.4. The van der Waals surface area contributed by atoms with Crippen LogP contribution in [0.2, 0.25) is 0 Å². The highest BCUT2D eigenvalue weighted by molar-refractivity contribution is 7.07. The normalized spacial score (nSPS) is 37.9. The molecule has 18 heavy (non-hydrogen) atoms. The summed E-state index contributed by atoms with van der Waals surface area (Å²) < 4.78 is 0. The van der Waals surface area contributed by atoms with E-state index >= 15 is 0 Å². The monoisotopic (exact) mass is 261 g/mol. The Morgan fingerprint density at radius 1 is 1.28 bits per heavy atom. The first-order valence-electron chi connectivity index (χ1n) is 7.15. The van der Waals surface area contributed by atoms with Crippen molar-refractivity contribution in [2.45, 2.75) is 38.1 Å². The molecule has 0 aromatic carbocycles. The lowest BCUT2D eigenvalue weighted by molar-refractivity contribution is -0.136. The van der Waals surface area contributed by atoms with Gasteiger partial charge in [-0.1, -0.05) is 0 Å². The van der Waals surface area contributed by atoms with E-state index in [9.17, 15) is 4.79 Å². The molecule has 1 aromatic heterocycles. The zero-order chi connectivity index (χ0) is 12.1. The number of thiophene rings is 1. The van der Waals surface area contributed by atoms with Crippen molar-refractivity contribution in [2.75, 3.05) is 6.54 Å². The number of nitrogens with zero attached hydrogens (tertiary/aromatic N) is 1. The maximum Gasteiger partial charge on any atom is 0.226 e. The van der Waals surface area contributed by atoms with Crippen molar-refractivity contribution in [3.8, 4) is 0 Å². The Bertz CT molecular complexity index is 445. The van der Waals surface area contributed by atoms with Crippen LogP contribution >= 0.6 is 11.3 Å². The van der Waals surface area contributed by atoms with Gasteiger partial charge in [0.1, 0.15) is 0 Å². The first kappa shape index (κ1) is 11.0. The van der Waals surface area contributed by atoms with Crippen molar-refractivity contribution in [1.82, 2.24) is 4.90 Å². The number of carbonyl (C=O) groups is 1. The third-order valence-corrected chi connectivity index (χ3v) is 5.76. The molecule has 1 aromatic rings. The molecule has 3 heteroatoms. The second-order valence-electron chi connectivity index (χ2n) is 6.17. The van der Waals surface area contributed by atoms with E-state index in [1.54, 1.807) is 11.3 Å². The molecule has 0 spiro atoms. The van der Waals surface area contributed by atoms with Gasteiger partial charge >= 0.3 is 0 Å². The molecule has 2 aliphatic carbocycles. The third-order valence-electron chi connectivity index (χ3n) is 5.06. The molecule has 4 rings (SSSR count). The minimum Gasteiger partial charge on any atom is -0.335 e. The Hall–Kier alpha value is -0.830. The first-order valence-corrected chi connectivity index (χ1v) is 8.10. The third kappa shape index (κ3) is 1.71. The largest absolute Gasteiger partial charge is 0.335 e. The van der Waals surface area contributed by atoms with E-state index in [-0.39, 0.29) is 0 Å². The minimum absolute atomic E-state index is 0.355. The molecule has 0 N–H and O–H groups in total. The molecule has 2 saturated carbocycles. The van der Waals surface area contributed by atoms with Gasteiger partial charge < -0.3 is 4.90 Å². The quantitative estimate of drug-likeness (QED) is 0.798. The van der Waals surface area contributed by atoms with Crippen LogP contribution in [0.25, 0.3) is 0 Å². The second kappa shape index (κ2) is 4.09. The number of carbonyl (C=O) groups excluding carboxylic acids is 1. The lowest BCUT2D eigenvalue weighted by Gasteiger charge is -2.27. The average Bonchev–Trinajstić information content (AvgIpc) is 2.93. The number of likely N-dealkylation sites (tertiary alicyclic amines) is 1. The molecular weight excluding hydrogens is 242 g/mol. The summed E-state index contributed by atoms with van der Waals surface area (Å²) in [7, 11) is 0. The summed E-state index contributed by atoms with van der Waals surface area (Å²) in [5, 5.41) is 4.34. The van der Waals surface area contributed by atoms with Crippen molar-refractivity contribution >= 4 is 17.2 Å². The van der Waals surface area contributed by atoms with Crippen molar-refractivity contribution in [2.24, 2.45) is 17.8 Å². The molecule has 3 unspecified atom stereocenters. The fraction of sp³-hybridized carbons (Fsp3) is 0.667. The summed E-state index contributed by atoms with van der Waals surface area (Å²) in [6, 6.07) is 2.56. The fourth-order valence-corrected chi connectivity index (χ4v) is 4.70. The smallest absolute Gasteiger partial charge is 0.226 e. The molecule has 2 nitrogen and oxygen atoms in total. The molecule has 3 atom stereocenters. The molecule has 3 aliphatic rings. The molecule has 0 radical (unpaired) electrons. The minimum atomic E-state index is 0.355. The van der Waals surface area contributed by atoms with Crippen molar-refractivity contribution in [1.29, 1.82) is 0 Å². The lowest BCUT2D eigenvalue weighted by Crippen LogP contribution is -2.35. The summed E-state index contributed by atoms with van der Waals surface area (Å²) in [5.41, 5.74) is 1.36. The Balaban J connectivity index is 1.51. The van der Waals surface area contributed by atoms with Gasteiger partial charge in [-0.05, 0) is 66.3 Å². The predicted octanol–water partition coefficient (Wildman–Crippen LogP) is 3.46. The van der Waals surface area contributed by atoms with Crippen LogP contribution < -0.4 is 0 Å². The van der Waals surface area contributed by atoms with E-state index in [1.807, 2.05) is 0 Å². The summed E-state index contributed by atoms with van der Waals surface area (Å²) in [4.78, 5) is 14.8. The van der Waals surface area contributed by atoms with Crippen LogP contribution in [-0.2, 0) is 4.79 Å². The van der Waals surface area contributed by atoms with Crippen molar-refractivity contribution < 1.29 is 4.79 Å². The van der Waals surface area contributed by atoms with Gasteiger partial charge in [0.05, 0.1) is 6.04 Å². The maximum atomic E-state index is 12.6. The molecule has 96 valence electrons. The van der Waals surface area contributed by atoms with E-state index in [4.69, 9.17) is 0 Å². The predicted molar refractivity (Wildman–Crippen MR) is 72.3 cm³/mol.